The summed E-state index contributed by atoms with van der Waals surface area (Å²) in [5, 5.41) is 17.9. The molecule has 9 aromatic rings. The molecule has 4 aromatic carbocycles. The lowest BCUT2D eigenvalue weighted by molar-refractivity contribution is 0.475. The standard InChI is InChI=1S/C22H21N5.C20H20N4O/c1-14(2)12-24-21-22-25-13-20(16-7-8-17-15(11-16)9-10-23-17)27(22)19-6-4-3-5-18(19)26-21;1-13(2)11-21-19-20-22-12-18(14-6-5-7-15(25)10-14)24(20)17-9-4-3-8-16(17)23-19/h3-11,13-14,23H,12H2,1-2H3,(H,24,26);3-10,12-13,25H,11H2,1-2H3,(H,21,23). The Balaban J connectivity index is 0.000000149. The minimum absolute atomic E-state index is 0.240. The lowest BCUT2D eigenvalue weighted by Gasteiger charge is -2.12. The number of aromatic nitrogens is 7. The summed E-state index contributed by atoms with van der Waals surface area (Å²) in [7, 11) is 0. The number of fused-ring (bicyclic) bond motifs is 7. The molecule has 0 unspecified atom stereocenters. The maximum absolute atomic E-state index is 9.84. The molecule has 0 spiro atoms. The number of para-hydroxylation sites is 4. The molecule has 52 heavy (non-hydrogen) atoms. The van der Waals surface area contributed by atoms with E-state index in [0.717, 1.165) is 86.1 Å². The van der Waals surface area contributed by atoms with Crippen molar-refractivity contribution in [1.29, 1.82) is 0 Å². The minimum atomic E-state index is 0.240. The molecule has 5 heterocycles. The number of imidazole rings is 2. The van der Waals surface area contributed by atoms with Crippen molar-refractivity contribution >= 4 is 55.9 Å². The van der Waals surface area contributed by atoms with Crippen molar-refractivity contribution in [3.05, 3.63) is 116 Å². The third-order valence-electron chi connectivity index (χ3n) is 9.00. The second kappa shape index (κ2) is 13.7. The molecule has 0 saturated carbocycles. The van der Waals surface area contributed by atoms with Crippen molar-refractivity contribution in [2.45, 2.75) is 27.7 Å². The van der Waals surface area contributed by atoms with Gasteiger partial charge in [0.2, 0.25) is 0 Å². The van der Waals surface area contributed by atoms with E-state index < -0.39 is 0 Å². The number of nitrogens with zero attached hydrogens (tertiary/aromatic N) is 6. The SMILES string of the molecule is CC(C)CNc1nc2ccccc2n2c(-c3ccc4[nH]ccc4c3)cnc12.CC(C)CNc1nc2ccccc2n2c(-c3cccc(O)c3)cnc12. The van der Waals surface area contributed by atoms with Crippen molar-refractivity contribution in [1.82, 2.24) is 33.7 Å². The molecule has 0 bridgehead atoms. The Labute approximate surface area is 301 Å². The highest BCUT2D eigenvalue weighted by molar-refractivity contribution is 5.89. The molecule has 0 saturated heterocycles. The van der Waals surface area contributed by atoms with Crippen LogP contribution in [0.2, 0.25) is 0 Å². The Kier molecular flexibility index (Phi) is 8.64. The highest BCUT2D eigenvalue weighted by Crippen LogP contribution is 2.32. The predicted octanol–water partition coefficient (Wildman–Crippen LogP) is 9.42. The lowest BCUT2D eigenvalue weighted by atomic mass is 10.1. The molecule has 10 heteroatoms. The summed E-state index contributed by atoms with van der Waals surface area (Å²) in [4.78, 5) is 22.2. The summed E-state index contributed by atoms with van der Waals surface area (Å²) < 4.78 is 4.30. The van der Waals surface area contributed by atoms with E-state index in [1.54, 1.807) is 12.1 Å². The van der Waals surface area contributed by atoms with E-state index in [-0.39, 0.29) is 5.75 Å². The van der Waals surface area contributed by atoms with Crippen molar-refractivity contribution in [2.24, 2.45) is 11.8 Å². The van der Waals surface area contributed by atoms with Gasteiger partial charge in [-0.3, -0.25) is 8.80 Å². The summed E-state index contributed by atoms with van der Waals surface area (Å²) in [5.41, 5.74) is 10.7. The first-order valence-electron chi connectivity index (χ1n) is 17.7. The molecule has 9 rings (SSSR count). The van der Waals surface area contributed by atoms with Crippen LogP contribution in [-0.2, 0) is 0 Å². The highest BCUT2D eigenvalue weighted by atomic mass is 16.3. The Bertz CT molecular complexity index is 2680. The maximum Gasteiger partial charge on any atom is 0.181 e. The van der Waals surface area contributed by atoms with Gasteiger partial charge in [-0.25, -0.2) is 19.9 Å². The van der Waals surface area contributed by atoms with Crippen molar-refractivity contribution < 1.29 is 5.11 Å². The molecular formula is C42H41N9O. The van der Waals surface area contributed by atoms with Crippen molar-refractivity contribution in [3.63, 3.8) is 0 Å². The number of aromatic amines is 1. The number of benzene rings is 4. The van der Waals surface area contributed by atoms with Crippen LogP contribution in [-0.4, -0.2) is 51.9 Å². The third kappa shape index (κ3) is 6.23. The van der Waals surface area contributed by atoms with Gasteiger partial charge in [0.15, 0.2) is 22.9 Å². The van der Waals surface area contributed by atoms with Crippen LogP contribution in [0, 0.1) is 11.8 Å². The monoisotopic (exact) mass is 687 g/mol. The van der Waals surface area contributed by atoms with Gasteiger partial charge in [-0.05, 0) is 66.4 Å². The molecule has 0 radical (unpaired) electrons. The number of nitrogens with one attached hydrogen (secondary N) is 3. The molecule has 0 aliphatic carbocycles. The van der Waals surface area contributed by atoms with E-state index in [4.69, 9.17) is 15.0 Å². The number of hydrogen-bond acceptors (Lipinski definition) is 7. The number of rotatable bonds is 8. The number of phenols is 1. The maximum atomic E-state index is 9.84. The molecule has 10 nitrogen and oxygen atoms in total. The molecule has 260 valence electrons. The van der Waals surface area contributed by atoms with E-state index in [1.807, 2.05) is 67.1 Å². The van der Waals surface area contributed by atoms with Gasteiger partial charge in [0.1, 0.15) is 5.75 Å². The van der Waals surface area contributed by atoms with E-state index in [1.165, 1.54) is 5.39 Å². The van der Waals surface area contributed by atoms with Crippen molar-refractivity contribution in [2.75, 3.05) is 23.7 Å². The summed E-state index contributed by atoms with van der Waals surface area (Å²) in [5.74, 6) is 2.89. The molecule has 0 atom stereocenters. The van der Waals surface area contributed by atoms with Gasteiger partial charge < -0.3 is 20.7 Å². The molecule has 0 fully saturated rings. The zero-order chi connectivity index (χ0) is 35.8. The number of phenolic OH excluding ortho intramolecular Hbond substituents is 1. The molecular weight excluding hydrogens is 647 g/mol. The largest absolute Gasteiger partial charge is 0.508 e. The summed E-state index contributed by atoms with van der Waals surface area (Å²) >= 11 is 0. The molecule has 4 N–H and O–H groups in total. The summed E-state index contributed by atoms with van der Waals surface area (Å²) in [6.07, 6.45) is 5.74. The summed E-state index contributed by atoms with van der Waals surface area (Å²) in [6, 6.07) is 32.0. The fourth-order valence-electron chi connectivity index (χ4n) is 6.49. The first kappa shape index (κ1) is 32.8. The molecule has 0 aliphatic heterocycles. The van der Waals surface area contributed by atoms with Crippen LogP contribution in [0.5, 0.6) is 5.75 Å². The van der Waals surface area contributed by atoms with Crippen LogP contribution < -0.4 is 10.6 Å². The molecule has 0 aliphatic rings. The average Bonchev–Trinajstić information content (AvgIpc) is 3.92. The van der Waals surface area contributed by atoms with Gasteiger partial charge >= 0.3 is 0 Å². The second-order valence-electron chi connectivity index (χ2n) is 13.9. The number of H-pyrrole nitrogens is 1. The fourth-order valence-corrected chi connectivity index (χ4v) is 6.49. The first-order valence-corrected chi connectivity index (χ1v) is 17.7. The van der Waals surface area contributed by atoms with Crippen LogP contribution in [0.25, 0.3) is 66.8 Å². The van der Waals surface area contributed by atoms with E-state index >= 15 is 0 Å². The van der Waals surface area contributed by atoms with Crippen LogP contribution in [0.1, 0.15) is 27.7 Å². The van der Waals surface area contributed by atoms with Crippen LogP contribution in [0.15, 0.2) is 116 Å². The zero-order valence-electron chi connectivity index (χ0n) is 29.7. The number of anilines is 2. The van der Waals surface area contributed by atoms with Gasteiger partial charge in [-0.15, -0.1) is 0 Å². The lowest BCUT2D eigenvalue weighted by Crippen LogP contribution is -2.11. The van der Waals surface area contributed by atoms with Crippen LogP contribution in [0.4, 0.5) is 11.6 Å². The Morgan fingerprint density at radius 2 is 1.19 bits per heavy atom. The molecule has 0 amide bonds. The smallest absolute Gasteiger partial charge is 0.181 e. The summed E-state index contributed by atoms with van der Waals surface area (Å²) in [6.45, 7) is 10.4. The van der Waals surface area contributed by atoms with Gasteiger partial charge in [-0.2, -0.15) is 0 Å². The van der Waals surface area contributed by atoms with E-state index in [2.05, 4.69) is 93.5 Å². The first-order chi connectivity index (χ1) is 25.3. The topological polar surface area (TPSA) is 120 Å². The quantitative estimate of drug-likeness (QED) is 0.126. The predicted molar refractivity (Wildman–Crippen MR) is 212 cm³/mol. The second-order valence-corrected chi connectivity index (χ2v) is 13.9. The highest BCUT2D eigenvalue weighted by Gasteiger charge is 2.17. The number of aromatic hydroxyl groups is 1. The molecule has 5 aromatic heterocycles. The average molecular weight is 688 g/mol. The fraction of sp³-hybridized carbons (Fsp3) is 0.190. The van der Waals surface area contributed by atoms with E-state index in [0.29, 0.717) is 11.8 Å². The number of hydrogen-bond donors (Lipinski definition) is 4. The zero-order valence-corrected chi connectivity index (χ0v) is 29.7. The van der Waals surface area contributed by atoms with Gasteiger partial charge in [0.05, 0.1) is 45.8 Å². The van der Waals surface area contributed by atoms with Gasteiger partial charge in [-0.1, -0.05) is 70.2 Å². The van der Waals surface area contributed by atoms with E-state index in [9.17, 15) is 5.11 Å². The van der Waals surface area contributed by atoms with Gasteiger partial charge in [0, 0.05) is 41.3 Å². The Morgan fingerprint density at radius 1 is 0.635 bits per heavy atom. The van der Waals surface area contributed by atoms with Crippen LogP contribution >= 0.6 is 0 Å². The van der Waals surface area contributed by atoms with Crippen molar-refractivity contribution in [3.8, 4) is 28.3 Å². The normalized spacial score (nSPS) is 11.7. The van der Waals surface area contributed by atoms with Gasteiger partial charge in [0.25, 0.3) is 0 Å². The van der Waals surface area contributed by atoms with Crippen LogP contribution in [0.3, 0.4) is 0 Å². The third-order valence-corrected chi connectivity index (χ3v) is 9.00. The Morgan fingerprint density at radius 3 is 1.75 bits per heavy atom. The Hall–Kier alpha value is -6.42. The minimum Gasteiger partial charge on any atom is -0.508 e.